The minimum Gasteiger partial charge on any atom is -0.396 e. The predicted octanol–water partition coefficient (Wildman–Crippen LogP) is 1.10. The maximum Gasteiger partial charge on any atom is 0.191 e. The number of aliphatic imine (C=N–C) groups is 1. The number of rotatable bonds is 6. The Balaban J connectivity index is 1.57. The van der Waals surface area contributed by atoms with Crippen LogP contribution in [0.1, 0.15) is 24.2 Å². The van der Waals surface area contributed by atoms with E-state index in [1.165, 1.54) is 0 Å². The predicted molar refractivity (Wildman–Crippen MR) is 97.7 cm³/mol. The molecule has 7 heteroatoms. The van der Waals surface area contributed by atoms with E-state index in [-0.39, 0.29) is 12.0 Å². The normalized spacial score (nSPS) is 21.0. The zero-order valence-corrected chi connectivity index (χ0v) is 15.0. The van der Waals surface area contributed by atoms with E-state index < -0.39 is 0 Å². The highest BCUT2D eigenvalue weighted by Crippen LogP contribution is 2.31. The van der Waals surface area contributed by atoms with Gasteiger partial charge in [0, 0.05) is 44.1 Å². The van der Waals surface area contributed by atoms with Crippen LogP contribution in [0.3, 0.4) is 0 Å². The number of guanidine groups is 1. The number of pyridine rings is 1. The molecule has 0 aromatic carbocycles. The van der Waals surface area contributed by atoms with Crippen LogP contribution in [-0.4, -0.2) is 53.9 Å². The molecule has 2 aromatic rings. The number of aliphatic hydroxyl groups is 1. The summed E-state index contributed by atoms with van der Waals surface area (Å²) in [5.74, 6) is 0.734. The molecule has 0 radical (unpaired) electrons. The number of aromatic nitrogens is 2. The van der Waals surface area contributed by atoms with Crippen molar-refractivity contribution in [2.45, 2.75) is 26.3 Å². The van der Waals surface area contributed by atoms with Crippen LogP contribution in [0.15, 0.2) is 29.4 Å². The van der Waals surface area contributed by atoms with Crippen LogP contribution in [0.25, 0.3) is 5.65 Å². The third-order valence-electron chi connectivity index (χ3n) is 4.86. The molecule has 3 rings (SSSR count). The quantitative estimate of drug-likeness (QED) is 0.539. The fourth-order valence-corrected chi connectivity index (χ4v) is 3.26. The summed E-state index contributed by atoms with van der Waals surface area (Å²) in [7, 11) is 1.76. The van der Waals surface area contributed by atoms with Gasteiger partial charge in [0.25, 0.3) is 0 Å². The molecule has 7 nitrogen and oxygen atoms in total. The van der Waals surface area contributed by atoms with Gasteiger partial charge >= 0.3 is 0 Å². The second kappa shape index (κ2) is 7.84. The molecule has 136 valence electrons. The molecule has 1 aliphatic rings. The summed E-state index contributed by atoms with van der Waals surface area (Å²) < 4.78 is 7.61. The monoisotopic (exact) mass is 345 g/mol. The first-order valence-corrected chi connectivity index (χ1v) is 8.72. The lowest BCUT2D eigenvalue weighted by atomic mass is 9.84. The first-order valence-electron chi connectivity index (χ1n) is 8.72. The molecule has 3 heterocycles. The molecule has 0 aliphatic carbocycles. The van der Waals surface area contributed by atoms with Crippen LogP contribution in [-0.2, 0) is 11.3 Å². The molecule has 2 aromatic heterocycles. The summed E-state index contributed by atoms with van der Waals surface area (Å²) in [4.78, 5) is 8.91. The molecular formula is C18H27N5O2. The molecule has 3 N–H and O–H groups in total. The van der Waals surface area contributed by atoms with Crippen LogP contribution in [0.2, 0.25) is 0 Å². The number of hydrogen-bond donors (Lipinski definition) is 3. The Morgan fingerprint density at radius 3 is 3.00 bits per heavy atom. The van der Waals surface area contributed by atoms with Crippen LogP contribution in [0.5, 0.6) is 0 Å². The van der Waals surface area contributed by atoms with Crippen LogP contribution < -0.4 is 10.6 Å². The van der Waals surface area contributed by atoms with Gasteiger partial charge in [-0.25, -0.2) is 4.98 Å². The van der Waals surface area contributed by atoms with Crippen molar-refractivity contribution in [2.24, 2.45) is 10.4 Å². The fraction of sp³-hybridized carbons (Fsp3) is 0.556. The number of aryl methyl sites for hydroxylation is 1. The van der Waals surface area contributed by atoms with Gasteiger partial charge in [0.1, 0.15) is 5.65 Å². The van der Waals surface area contributed by atoms with Gasteiger partial charge in [0.15, 0.2) is 5.96 Å². The van der Waals surface area contributed by atoms with Crippen molar-refractivity contribution in [2.75, 3.05) is 33.4 Å². The first kappa shape index (κ1) is 17.7. The van der Waals surface area contributed by atoms with E-state index in [0.717, 1.165) is 49.0 Å². The molecule has 1 saturated heterocycles. The lowest BCUT2D eigenvalue weighted by Crippen LogP contribution is -2.44. The van der Waals surface area contributed by atoms with Crippen molar-refractivity contribution in [1.29, 1.82) is 0 Å². The van der Waals surface area contributed by atoms with Gasteiger partial charge in [-0.3, -0.25) is 4.99 Å². The zero-order chi connectivity index (χ0) is 17.7. The summed E-state index contributed by atoms with van der Waals surface area (Å²) >= 11 is 0. The van der Waals surface area contributed by atoms with Crippen molar-refractivity contribution in [3.8, 4) is 0 Å². The summed E-state index contributed by atoms with van der Waals surface area (Å²) in [6, 6.07) is 6.08. The van der Waals surface area contributed by atoms with Crippen LogP contribution >= 0.6 is 0 Å². The average molecular weight is 345 g/mol. The van der Waals surface area contributed by atoms with Gasteiger partial charge in [-0.15, -0.1) is 0 Å². The Labute approximate surface area is 148 Å². The van der Waals surface area contributed by atoms with Crippen molar-refractivity contribution >= 4 is 11.6 Å². The minimum absolute atomic E-state index is 0.00737. The number of aliphatic hydroxyl groups excluding tert-OH is 1. The van der Waals surface area contributed by atoms with Gasteiger partial charge in [-0.05, 0) is 31.9 Å². The van der Waals surface area contributed by atoms with E-state index in [0.29, 0.717) is 13.2 Å². The molecule has 1 unspecified atom stereocenters. The van der Waals surface area contributed by atoms with E-state index in [2.05, 4.69) is 38.0 Å². The third-order valence-corrected chi connectivity index (χ3v) is 4.86. The highest BCUT2D eigenvalue weighted by atomic mass is 16.5. The van der Waals surface area contributed by atoms with E-state index in [9.17, 15) is 5.11 Å². The van der Waals surface area contributed by atoms with Gasteiger partial charge in [0.05, 0.1) is 18.8 Å². The highest BCUT2D eigenvalue weighted by molar-refractivity contribution is 5.79. The Bertz CT molecular complexity index is 734. The Morgan fingerprint density at radius 2 is 2.32 bits per heavy atom. The van der Waals surface area contributed by atoms with E-state index in [1.807, 2.05) is 18.3 Å². The summed E-state index contributed by atoms with van der Waals surface area (Å²) in [6.07, 6.45) is 3.75. The molecule has 1 aliphatic heterocycles. The number of ether oxygens (including phenoxy) is 1. The van der Waals surface area contributed by atoms with Crippen molar-refractivity contribution in [3.05, 3.63) is 35.8 Å². The Kier molecular flexibility index (Phi) is 5.55. The average Bonchev–Trinajstić information content (AvgIpc) is 3.23. The van der Waals surface area contributed by atoms with Gasteiger partial charge in [0.2, 0.25) is 0 Å². The minimum atomic E-state index is -0.00737. The van der Waals surface area contributed by atoms with E-state index in [1.54, 1.807) is 7.05 Å². The molecule has 25 heavy (non-hydrogen) atoms. The zero-order valence-electron chi connectivity index (χ0n) is 15.0. The van der Waals surface area contributed by atoms with Crippen molar-refractivity contribution < 1.29 is 9.84 Å². The Morgan fingerprint density at radius 1 is 1.44 bits per heavy atom. The van der Waals surface area contributed by atoms with Crippen LogP contribution in [0.4, 0.5) is 0 Å². The van der Waals surface area contributed by atoms with E-state index >= 15 is 0 Å². The van der Waals surface area contributed by atoms with Crippen LogP contribution in [0, 0.1) is 12.3 Å². The standard InChI is InChI=1S/C18H27N5O2/c1-14-4-3-5-16-22-15(11-23(14)16)10-20-17(19-2)21-12-18(6-8-24)7-9-25-13-18/h3-5,11,24H,6-10,12-13H2,1-2H3,(H2,19,20,21). The molecular weight excluding hydrogens is 318 g/mol. The second-order valence-corrected chi connectivity index (χ2v) is 6.68. The highest BCUT2D eigenvalue weighted by Gasteiger charge is 2.34. The first-order chi connectivity index (χ1) is 12.2. The molecule has 0 bridgehead atoms. The fourth-order valence-electron chi connectivity index (χ4n) is 3.26. The summed E-state index contributed by atoms with van der Waals surface area (Å²) in [6.45, 7) is 5.02. The van der Waals surface area contributed by atoms with E-state index in [4.69, 9.17) is 4.74 Å². The number of nitrogens with one attached hydrogen (secondary N) is 2. The molecule has 0 spiro atoms. The van der Waals surface area contributed by atoms with Gasteiger partial charge < -0.3 is 24.9 Å². The maximum absolute atomic E-state index is 9.32. The number of nitrogens with zero attached hydrogens (tertiary/aromatic N) is 3. The lowest BCUT2D eigenvalue weighted by molar-refractivity contribution is 0.127. The molecule has 0 saturated carbocycles. The number of hydrogen-bond acceptors (Lipinski definition) is 4. The number of fused-ring (bicyclic) bond motifs is 1. The molecule has 1 fully saturated rings. The number of imidazole rings is 1. The topological polar surface area (TPSA) is 83.2 Å². The SMILES string of the molecule is CN=C(NCc1cn2c(C)cccc2n1)NCC1(CCO)CCOC1. The second-order valence-electron chi connectivity index (χ2n) is 6.68. The maximum atomic E-state index is 9.32. The Hall–Kier alpha value is -2.12. The smallest absolute Gasteiger partial charge is 0.191 e. The van der Waals surface area contributed by atoms with Crippen molar-refractivity contribution in [1.82, 2.24) is 20.0 Å². The molecule has 0 amide bonds. The third kappa shape index (κ3) is 4.11. The summed E-state index contributed by atoms with van der Waals surface area (Å²) in [5.41, 5.74) is 3.06. The van der Waals surface area contributed by atoms with Gasteiger partial charge in [-0.1, -0.05) is 6.07 Å². The largest absolute Gasteiger partial charge is 0.396 e. The molecule has 1 atom stereocenters. The lowest BCUT2D eigenvalue weighted by Gasteiger charge is -2.27. The van der Waals surface area contributed by atoms with Gasteiger partial charge in [-0.2, -0.15) is 0 Å². The summed E-state index contributed by atoms with van der Waals surface area (Å²) in [5, 5.41) is 16.0. The van der Waals surface area contributed by atoms with Crippen molar-refractivity contribution in [3.63, 3.8) is 0 Å².